The van der Waals surface area contributed by atoms with Gasteiger partial charge >= 0.3 is 0 Å². The number of rotatable bonds is 4. The number of hydrogen-bond donors (Lipinski definition) is 1. The Morgan fingerprint density at radius 1 is 0.909 bits per heavy atom. The van der Waals surface area contributed by atoms with Crippen LogP contribution in [0.2, 0.25) is 0 Å². The SMILES string of the molecule is OCCn1c(Cn2cnc3ccccc32)nc2ccccc21. The van der Waals surface area contributed by atoms with Crippen molar-refractivity contribution in [2.45, 2.75) is 13.1 Å². The van der Waals surface area contributed by atoms with Gasteiger partial charge < -0.3 is 14.2 Å². The molecule has 0 aliphatic rings. The number of para-hydroxylation sites is 4. The number of aliphatic hydroxyl groups excluding tert-OH is 1. The monoisotopic (exact) mass is 292 g/mol. The van der Waals surface area contributed by atoms with Gasteiger partial charge in [-0.1, -0.05) is 24.3 Å². The molecule has 5 heteroatoms. The summed E-state index contributed by atoms with van der Waals surface area (Å²) in [5.41, 5.74) is 4.07. The summed E-state index contributed by atoms with van der Waals surface area (Å²) in [7, 11) is 0. The van der Waals surface area contributed by atoms with Gasteiger partial charge in [-0.05, 0) is 24.3 Å². The number of imidazole rings is 2. The molecular weight excluding hydrogens is 276 g/mol. The number of aromatic nitrogens is 4. The van der Waals surface area contributed by atoms with Crippen molar-refractivity contribution in [2.75, 3.05) is 6.61 Å². The number of nitrogens with zero attached hydrogens (tertiary/aromatic N) is 4. The van der Waals surface area contributed by atoms with Crippen LogP contribution >= 0.6 is 0 Å². The molecule has 2 aromatic heterocycles. The van der Waals surface area contributed by atoms with Gasteiger partial charge in [0.25, 0.3) is 0 Å². The Morgan fingerprint density at radius 2 is 1.64 bits per heavy atom. The fraction of sp³-hybridized carbons (Fsp3) is 0.176. The predicted molar refractivity (Wildman–Crippen MR) is 85.7 cm³/mol. The van der Waals surface area contributed by atoms with Crippen LogP contribution in [-0.4, -0.2) is 30.8 Å². The lowest BCUT2D eigenvalue weighted by atomic mass is 10.3. The van der Waals surface area contributed by atoms with Gasteiger partial charge in [0.1, 0.15) is 5.82 Å². The van der Waals surface area contributed by atoms with Crippen LogP contribution in [0.1, 0.15) is 5.82 Å². The van der Waals surface area contributed by atoms with E-state index in [1.807, 2.05) is 48.8 Å². The van der Waals surface area contributed by atoms with Gasteiger partial charge in [0.05, 0.1) is 41.5 Å². The molecule has 0 aliphatic carbocycles. The molecule has 110 valence electrons. The summed E-state index contributed by atoms with van der Waals surface area (Å²) in [5, 5.41) is 9.35. The number of hydrogen-bond acceptors (Lipinski definition) is 3. The molecule has 0 radical (unpaired) electrons. The summed E-state index contributed by atoms with van der Waals surface area (Å²) < 4.78 is 4.16. The van der Waals surface area contributed by atoms with Crippen molar-refractivity contribution in [3.05, 3.63) is 60.7 Å². The van der Waals surface area contributed by atoms with E-state index in [0.717, 1.165) is 27.9 Å². The van der Waals surface area contributed by atoms with E-state index in [9.17, 15) is 5.11 Å². The van der Waals surface area contributed by atoms with Crippen molar-refractivity contribution in [1.82, 2.24) is 19.1 Å². The van der Waals surface area contributed by atoms with Gasteiger partial charge in [0.15, 0.2) is 0 Å². The van der Waals surface area contributed by atoms with E-state index in [0.29, 0.717) is 13.1 Å². The molecule has 0 saturated heterocycles. The molecule has 0 unspecified atom stereocenters. The Labute approximate surface area is 127 Å². The first kappa shape index (κ1) is 13.0. The van der Waals surface area contributed by atoms with Crippen LogP contribution in [0.5, 0.6) is 0 Å². The van der Waals surface area contributed by atoms with Crippen LogP contribution in [0, 0.1) is 0 Å². The average Bonchev–Trinajstić information content (AvgIpc) is 3.11. The Hall–Kier alpha value is -2.66. The van der Waals surface area contributed by atoms with Crippen LogP contribution in [0.4, 0.5) is 0 Å². The lowest BCUT2D eigenvalue weighted by molar-refractivity contribution is 0.276. The zero-order valence-corrected chi connectivity index (χ0v) is 12.1. The summed E-state index contributed by atoms with van der Waals surface area (Å²) in [6, 6.07) is 16.1. The van der Waals surface area contributed by atoms with Crippen LogP contribution in [0.3, 0.4) is 0 Å². The van der Waals surface area contributed by atoms with E-state index in [-0.39, 0.29) is 6.61 Å². The highest BCUT2D eigenvalue weighted by Gasteiger charge is 2.11. The van der Waals surface area contributed by atoms with Gasteiger partial charge in [-0.25, -0.2) is 9.97 Å². The molecule has 1 N–H and O–H groups in total. The summed E-state index contributed by atoms with van der Waals surface area (Å²) in [6.45, 7) is 1.27. The quantitative estimate of drug-likeness (QED) is 0.628. The maximum Gasteiger partial charge on any atom is 0.130 e. The third kappa shape index (κ3) is 2.07. The maximum atomic E-state index is 9.35. The van der Waals surface area contributed by atoms with Crippen LogP contribution in [0.15, 0.2) is 54.9 Å². The maximum absolute atomic E-state index is 9.35. The third-order valence-corrected chi connectivity index (χ3v) is 3.90. The molecule has 2 heterocycles. The standard InChI is InChI=1S/C17H16N4O/c22-10-9-21-16-8-4-2-6-14(16)19-17(21)11-20-12-18-13-5-1-3-7-15(13)20/h1-8,12,22H,9-11H2. The van der Waals surface area contributed by atoms with Gasteiger partial charge in [-0.2, -0.15) is 0 Å². The molecule has 0 bridgehead atoms. The van der Waals surface area contributed by atoms with Crippen LogP contribution in [0.25, 0.3) is 22.1 Å². The Morgan fingerprint density at radius 3 is 2.45 bits per heavy atom. The molecule has 0 atom stereocenters. The van der Waals surface area contributed by atoms with Crippen molar-refractivity contribution < 1.29 is 5.11 Å². The second-order valence-electron chi connectivity index (χ2n) is 5.25. The predicted octanol–water partition coefficient (Wildman–Crippen LogP) is 2.43. The lowest BCUT2D eigenvalue weighted by Crippen LogP contribution is -2.10. The van der Waals surface area contributed by atoms with E-state index in [2.05, 4.69) is 20.2 Å². The summed E-state index contributed by atoms with van der Waals surface area (Å²) in [5.74, 6) is 0.929. The Kier molecular flexibility index (Phi) is 3.12. The number of benzene rings is 2. The van der Waals surface area contributed by atoms with Crippen LogP contribution in [-0.2, 0) is 13.1 Å². The molecular formula is C17H16N4O. The molecule has 0 fully saturated rings. The van der Waals surface area contributed by atoms with Gasteiger partial charge in [-0.3, -0.25) is 0 Å². The lowest BCUT2D eigenvalue weighted by Gasteiger charge is -2.08. The van der Waals surface area contributed by atoms with Gasteiger partial charge in [0.2, 0.25) is 0 Å². The molecule has 5 nitrogen and oxygen atoms in total. The van der Waals surface area contributed by atoms with Crippen LogP contribution < -0.4 is 0 Å². The Balaban J connectivity index is 1.82. The minimum atomic E-state index is 0.0953. The summed E-state index contributed by atoms with van der Waals surface area (Å²) in [4.78, 5) is 9.14. The second kappa shape index (κ2) is 5.27. The fourth-order valence-corrected chi connectivity index (χ4v) is 2.88. The first-order valence-electron chi connectivity index (χ1n) is 7.31. The summed E-state index contributed by atoms with van der Waals surface area (Å²) >= 11 is 0. The zero-order chi connectivity index (χ0) is 14.9. The molecule has 0 aliphatic heterocycles. The fourth-order valence-electron chi connectivity index (χ4n) is 2.88. The molecule has 4 rings (SSSR count). The minimum Gasteiger partial charge on any atom is -0.395 e. The van der Waals surface area contributed by atoms with E-state index < -0.39 is 0 Å². The molecule has 2 aromatic carbocycles. The first-order chi connectivity index (χ1) is 10.9. The van der Waals surface area contributed by atoms with Crippen molar-refractivity contribution >= 4 is 22.1 Å². The third-order valence-electron chi connectivity index (χ3n) is 3.90. The second-order valence-corrected chi connectivity index (χ2v) is 5.25. The zero-order valence-electron chi connectivity index (χ0n) is 12.1. The molecule has 0 saturated carbocycles. The Bertz CT molecular complexity index is 938. The van der Waals surface area contributed by atoms with Crippen molar-refractivity contribution in [3.63, 3.8) is 0 Å². The highest BCUT2D eigenvalue weighted by molar-refractivity contribution is 5.77. The molecule has 0 amide bonds. The average molecular weight is 292 g/mol. The van der Waals surface area contributed by atoms with E-state index in [1.54, 1.807) is 0 Å². The van der Waals surface area contributed by atoms with E-state index >= 15 is 0 Å². The summed E-state index contributed by atoms with van der Waals surface area (Å²) in [6.07, 6.45) is 1.84. The number of aliphatic hydroxyl groups is 1. The largest absolute Gasteiger partial charge is 0.395 e. The molecule has 0 spiro atoms. The normalized spacial score (nSPS) is 11.5. The topological polar surface area (TPSA) is 55.9 Å². The van der Waals surface area contributed by atoms with Crippen molar-refractivity contribution in [2.24, 2.45) is 0 Å². The smallest absolute Gasteiger partial charge is 0.130 e. The highest BCUT2D eigenvalue weighted by atomic mass is 16.3. The highest BCUT2D eigenvalue weighted by Crippen LogP contribution is 2.19. The van der Waals surface area contributed by atoms with E-state index in [1.165, 1.54) is 0 Å². The minimum absolute atomic E-state index is 0.0953. The van der Waals surface area contributed by atoms with Gasteiger partial charge in [0, 0.05) is 6.54 Å². The van der Waals surface area contributed by atoms with Gasteiger partial charge in [-0.15, -0.1) is 0 Å². The number of fused-ring (bicyclic) bond motifs is 2. The van der Waals surface area contributed by atoms with E-state index in [4.69, 9.17) is 4.98 Å². The molecule has 4 aromatic rings. The van der Waals surface area contributed by atoms with Crippen molar-refractivity contribution in [1.29, 1.82) is 0 Å². The van der Waals surface area contributed by atoms with Crippen molar-refractivity contribution in [3.8, 4) is 0 Å². The molecule has 22 heavy (non-hydrogen) atoms. The first-order valence-corrected chi connectivity index (χ1v) is 7.31.